The molecule has 0 unspecified atom stereocenters. The van der Waals surface area contributed by atoms with E-state index in [-0.39, 0.29) is 11.8 Å². The number of likely N-dealkylation sites (N-methyl/N-ethyl adjacent to an activating group) is 1. The summed E-state index contributed by atoms with van der Waals surface area (Å²) in [5.41, 5.74) is 0.974. The number of rotatable bonds is 7. The van der Waals surface area contributed by atoms with E-state index in [0.717, 1.165) is 5.56 Å². The second-order valence-corrected chi connectivity index (χ2v) is 5.72. The fourth-order valence-electron chi connectivity index (χ4n) is 2.06. The van der Waals surface area contributed by atoms with Crippen LogP contribution in [0.25, 0.3) is 0 Å². The van der Waals surface area contributed by atoms with Crippen LogP contribution in [0.3, 0.4) is 0 Å². The van der Waals surface area contributed by atoms with Crippen molar-refractivity contribution in [1.29, 1.82) is 0 Å². The van der Waals surface area contributed by atoms with Gasteiger partial charge in [0.25, 0.3) is 0 Å². The predicted octanol–water partition coefficient (Wildman–Crippen LogP) is 3.74. The van der Waals surface area contributed by atoms with Crippen LogP contribution >= 0.6 is 11.6 Å². The van der Waals surface area contributed by atoms with Crippen molar-refractivity contribution in [3.8, 4) is 5.75 Å². The molecule has 0 aliphatic rings. The number of nitrogens with one attached hydrogen (secondary N) is 1. The molecular formula is C18H20ClFN2O2. The van der Waals surface area contributed by atoms with E-state index in [1.165, 1.54) is 12.1 Å². The van der Waals surface area contributed by atoms with Gasteiger partial charge in [0, 0.05) is 13.6 Å². The minimum absolute atomic E-state index is 0.181. The van der Waals surface area contributed by atoms with Crippen molar-refractivity contribution < 1.29 is 13.9 Å². The van der Waals surface area contributed by atoms with Gasteiger partial charge in [-0.1, -0.05) is 35.9 Å². The maximum Gasteiger partial charge on any atom is 0.317 e. The van der Waals surface area contributed by atoms with Crippen molar-refractivity contribution in [1.82, 2.24) is 10.2 Å². The summed E-state index contributed by atoms with van der Waals surface area (Å²) in [6.45, 7) is 1.28. The fraction of sp³-hybridized carbons (Fsp3) is 0.278. The number of urea groups is 1. The van der Waals surface area contributed by atoms with E-state index in [2.05, 4.69) is 5.32 Å². The van der Waals surface area contributed by atoms with Crippen molar-refractivity contribution in [3.63, 3.8) is 0 Å². The Morgan fingerprint density at radius 2 is 1.92 bits per heavy atom. The molecule has 2 rings (SSSR count). The van der Waals surface area contributed by atoms with Gasteiger partial charge in [0.15, 0.2) is 0 Å². The molecule has 2 amide bonds. The molecule has 0 heterocycles. The summed E-state index contributed by atoms with van der Waals surface area (Å²) in [5.74, 6) is 0.338. The highest BCUT2D eigenvalue weighted by Gasteiger charge is 2.08. The molecule has 0 saturated heterocycles. The molecular weight excluding hydrogens is 331 g/mol. The van der Waals surface area contributed by atoms with Gasteiger partial charge >= 0.3 is 6.03 Å². The maximum atomic E-state index is 12.8. The zero-order chi connectivity index (χ0) is 17.4. The van der Waals surface area contributed by atoms with Crippen LogP contribution in [0.2, 0.25) is 5.02 Å². The summed E-state index contributed by atoms with van der Waals surface area (Å²) in [6, 6.07) is 13.3. The largest absolute Gasteiger partial charge is 0.490 e. The first kappa shape index (κ1) is 18.1. The molecule has 2 aromatic carbocycles. The van der Waals surface area contributed by atoms with Gasteiger partial charge in [0.05, 0.1) is 11.6 Å². The Balaban J connectivity index is 1.66. The SMILES string of the molecule is CN(CCOc1ccccc1Cl)C(=O)NCCc1ccc(F)cc1. The Hall–Kier alpha value is -2.27. The van der Waals surface area contributed by atoms with Crippen LogP contribution in [0.5, 0.6) is 5.75 Å². The summed E-state index contributed by atoms with van der Waals surface area (Å²) < 4.78 is 18.4. The molecule has 0 atom stereocenters. The first-order valence-electron chi connectivity index (χ1n) is 7.67. The molecule has 0 aromatic heterocycles. The molecule has 128 valence electrons. The van der Waals surface area contributed by atoms with Gasteiger partial charge in [0.1, 0.15) is 18.2 Å². The highest BCUT2D eigenvalue weighted by Crippen LogP contribution is 2.22. The highest BCUT2D eigenvalue weighted by molar-refractivity contribution is 6.32. The molecule has 0 radical (unpaired) electrons. The first-order valence-corrected chi connectivity index (χ1v) is 8.05. The minimum atomic E-state index is -0.263. The van der Waals surface area contributed by atoms with E-state index in [1.54, 1.807) is 36.2 Å². The van der Waals surface area contributed by atoms with E-state index in [4.69, 9.17) is 16.3 Å². The number of carbonyl (C=O) groups excluding carboxylic acids is 1. The standard InChI is InChI=1S/C18H20ClFN2O2/c1-22(12-13-24-17-5-3-2-4-16(17)19)18(23)21-11-10-14-6-8-15(20)9-7-14/h2-9H,10-13H2,1H3,(H,21,23). The smallest absolute Gasteiger partial charge is 0.317 e. The summed E-state index contributed by atoms with van der Waals surface area (Å²) in [7, 11) is 1.70. The van der Waals surface area contributed by atoms with Crippen LogP contribution in [0.4, 0.5) is 9.18 Å². The molecule has 2 aromatic rings. The van der Waals surface area contributed by atoms with Crippen LogP contribution in [-0.2, 0) is 6.42 Å². The summed E-state index contributed by atoms with van der Waals surface area (Å²) in [4.78, 5) is 13.5. The van der Waals surface area contributed by atoms with Crippen molar-refractivity contribution in [2.24, 2.45) is 0 Å². The number of amides is 2. The van der Waals surface area contributed by atoms with Crippen LogP contribution in [-0.4, -0.2) is 37.7 Å². The zero-order valence-electron chi connectivity index (χ0n) is 13.5. The molecule has 0 spiro atoms. The predicted molar refractivity (Wildman–Crippen MR) is 93.1 cm³/mol. The Labute approximate surface area is 146 Å². The average Bonchev–Trinajstić information content (AvgIpc) is 2.58. The van der Waals surface area contributed by atoms with E-state index in [1.807, 2.05) is 12.1 Å². The number of nitrogens with zero attached hydrogens (tertiary/aromatic N) is 1. The van der Waals surface area contributed by atoms with E-state index in [0.29, 0.717) is 36.9 Å². The van der Waals surface area contributed by atoms with Crippen molar-refractivity contribution in [3.05, 3.63) is 64.9 Å². The number of hydrogen-bond donors (Lipinski definition) is 1. The Kier molecular flexibility index (Phi) is 6.88. The van der Waals surface area contributed by atoms with E-state index in [9.17, 15) is 9.18 Å². The summed E-state index contributed by atoms with van der Waals surface area (Å²) >= 11 is 6.00. The van der Waals surface area contributed by atoms with E-state index < -0.39 is 0 Å². The molecule has 4 nitrogen and oxygen atoms in total. The first-order chi connectivity index (χ1) is 11.6. The third-order valence-corrected chi connectivity index (χ3v) is 3.78. The van der Waals surface area contributed by atoms with Crippen LogP contribution in [0.1, 0.15) is 5.56 Å². The van der Waals surface area contributed by atoms with Gasteiger partial charge in [-0.2, -0.15) is 0 Å². The molecule has 24 heavy (non-hydrogen) atoms. The quantitative estimate of drug-likeness (QED) is 0.826. The maximum absolute atomic E-state index is 12.8. The molecule has 1 N–H and O–H groups in total. The lowest BCUT2D eigenvalue weighted by atomic mass is 10.1. The van der Waals surface area contributed by atoms with Crippen LogP contribution in [0, 0.1) is 5.82 Å². The summed E-state index contributed by atoms with van der Waals surface area (Å²) in [5, 5.41) is 3.36. The molecule has 0 bridgehead atoms. The third kappa shape index (κ3) is 5.74. The lowest BCUT2D eigenvalue weighted by molar-refractivity contribution is 0.195. The normalized spacial score (nSPS) is 10.3. The van der Waals surface area contributed by atoms with Gasteiger partial charge in [0.2, 0.25) is 0 Å². The number of ether oxygens (including phenoxy) is 1. The van der Waals surface area contributed by atoms with Crippen molar-refractivity contribution in [2.75, 3.05) is 26.7 Å². The molecule has 0 aliphatic heterocycles. The zero-order valence-corrected chi connectivity index (χ0v) is 14.2. The molecule has 0 fully saturated rings. The molecule has 6 heteroatoms. The monoisotopic (exact) mass is 350 g/mol. The number of halogens is 2. The molecule has 0 aliphatic carbocycles. The van der Waals surface area contributed by atoms with Crippen molar-refractivity contribution >= 4 is 17.6 Å². The third-order valence-electron chi connectivity index (χ3n) is 3.47. The minimum Gasteiger partial charge on any atom is -0.490 e. The van der Waals surface area contributed by atoms with Gasteiger partial charge < -0.3 is 15.0 Å². The Morgan fingerprint density at radius 3 is 2.62 bits per heavy atom. The fourth-order valence-corrected chi connectivity index (χ4v) is 2.25. The highest BCUT2D eigenvalue weighted by atomic mass is 35.5. The van der Waals surface area contributed by atoms with E-state index >= 15 is 0 Å². The van der Waals surface area contributed by atoms with Gasteiger partial charge in [-0.15, -0.1) is 0 Å². The van der Waals surface area contributed by atoms with Crippen LogP contribution < -0.4 is 10.1 Å². The lowest BCUT2D eigenvalue weighted by Gasteiger charge is -2.18. The van der Waals surface area contributed by atoms with Crippen molar-refractivity contribution in [2.45, 2.75) is 6.42 Å². The second kappa shape index (κ2) is 9.13. The van der Waals surface area contributed by atoms with Gasteiger partial charge in [-0.05, 0) is 36.2 Å². The number of hydrogen-bond acceptors (Lipinski definition) is 2. The average molecular weight is 351 g/mol. The van der Waals surface area contributed by atoms with Gasteiger partial charge in [-0.25, -0.2) is 9.18 Å². The lowest BCUT2D eigenvalue weighted by Crippen LogP contribution is -2.40. The number of benzene rings is 2. The second-order valence-electron chi connectivity index (χ2n) is 5.31. The molecule has 0 saturated carbocycles. The van der Waals surface area contributed by atoms with Gasteiger partial charge in [-0.3, -0.25) is 0 Å². The summed E-state index contributed by atoms with van der Waals surface area (Å²) in [6.07, 6.45) is 0.649. The Morgan fingerprint density at radius 1 is 1.21 bits per heavy atom. The Bertz CT molecular complexity index is 664. The van der Waals surface area contributed by atoms with Crippen LogP contribution in [0.15, 0.2) is 48.5 Å². The topological polar surface area (TPSA) is 41.6 Å². The number of carbonyl (C=O) groups is 1. The number of para-hydroxylation sites is 1.